The lowest BCUT2D eigenvalue weighted by Gasteiger charge is -2.36. The number of fused-ring (bicyclic) bond motifs is 3. The van der Waals surface area contributed by atoms with E-state index < -0.39 is 0 Å². The van der Waals surface area contributed by atoms with E-state index >= 15 is 0 Å². The summed E-state index contributed by atoms with van der Waals surface area (Å²) < 4.78 is 1.02. The molecule has 5 heteroatoms. The summed E-state index contributed by atoms with van der Waals surface area (Å²) in [6, 6.07) is 23.5. The molecule has 1 atom stereocenters. The molecule has 0 radical (unpaired) electrons. The Morgan fingerprint density at radius 1 is 1.00 bits per heavy atom. The van der Waals surface area contributed by atoms with Crippen LogP contribution in [-0.4, -0.2) is 22.3 Å². The summed E-state index contributed by atoms with van der Waals surface area (Å²) in [5.74, 6) is 0.0129. The number of halogens is 2. The summed E-state index contributed by atoms with van der Waals surface area (Å²) in [6.07, 6.45) is 0.825. The minimum Gasteiger partial charge on any atom is -0.356 e. The number of amides is 1. The van der Waals surface area contributed by atoms with Crippen molar-refractivity contribution in [2.24, 2.45) is 0 Å². The maximum atomic E-state index is 13.4. The molecule has 0 saturated carbocycles. The van der Waals surface area contributed by atoms with Crippen LogP contribution in [0, 0.1) is 0 Å². The van der Waals surface area contributed by atoms with E-state index in [0.717, 1.165) is 27.7 Å². The van der Waals surface area contributed by atoms with Crippen LogP contribution in [0.5, 0.6) is 0 Å². The van der Waals surface area contributed by atoms with Crippen molar-refractivity contribution in [3.8, 4) is 0 Å². The quantitative estimate of drug-likeness (QED) is 0.367. The van der Waals surface area contributed by atoms with Gasteiger partial charge in [-0.25, -0.2) is 0 Å². The number of nitrogens with one attached hydrogen (secondary N) is 1. The zero-order valence-corrected chi connectivity index (χ0v) is 17.9. The summed E-state index contributed by atoms with van der Waals surface area (Å²) in [5.41, 5.74) is 5.25. The van der Waals surface area contributed by atoms with Crippen molar-refractivity contribution in [1.29, 1.82) is 0 Å². The third-order valence-electron chi connectivity index (χ3n) is 5.57. The fourth-order valence-corrected chi connectivity index (χ4v) is 4.60. The average Bonchev–Trinajstić information content (AvgIpc) is 3.12. The Balaban J connectivity index is 1.65. The zero-order chi connectivity index (χ0) is 20.0. The van der Waals surface area contributed by atoms with Gasteiger partial charge in [-0.3, -0.25) is 4.79 Å². The van der Waals surface area contributed by atoms with Crippen molar-refractivity contribution in [3.63, 3.8) is 0 Å². The van der Waals surface area contributed by atoms with Crippen molar-refractivity contribution in [3.05, 3.63) is 105 Å². The molecule has 0 aliphatic carbocycles. The second-order valence-corrected chi connectivity index (χ2v) is 8.62. The molecule has 3 nitrogen and oxygen atoms in total. The summed E-state index contributed by atoms with van der Waals surface area (Å²) in [7, 11) is 0. The van der Waals surface area contributed by atoms with Gasteiger partial charge in [0.15, 0.2) is 0 Å². The fourth-order valence-electron chi connectivity index (χ4n) is 4.21. The second kappa shape index (κ2) is 7.36. The van der Waals surface area contributed by atoms with E-state index in [2.05, 4.69) is 51.2 Å². The molecule has 1 aliphatic heterocycles. The minimum atomic E-state index is -0.164. The lowest BCUT2D eigenvalue weighted by atomic mass is 9.91. The maximum Gasteiger partial charge on any atom is 0.254 e. The van der Waals surface area contributed by atoms with E-state index in [4.69, 9.17) is 11.6 Å². The highest BCUT2D eigenvalue weighted by molar-refractivity contribution is 9.10. The van der Waals surface area contributed by atoms with Crippen LogP contribution in [0.15, 0.2) is 77.3 Å². The van der Waals surface area contributed by atoms with E-state index in [9.17, 15) is 4.79 Å². The number of H-pyrrole nitrogens is 1. The largest absolute Gasteiger partial charge is 0.356 e. The molecule has 4 aromatic rings. The Hall–Kier alpha value is -2.56. The van der Waals surface area contributed by atoms with Crippen molar-refractivity contribution in [1.82, 2.24) is 9.88 Å². The van der Waals surface area contributed by atoms with Crippen LogP contribution in [0.4, 0.5) is 0 Å². The first-order valence-corrected chi connectivity index (χ1v) is 10.7. The molecular weight excluding hydrogens is 448 g/mol. The molecule has 3 aromatic carbocycles. The molecule has 29 heavy (non-hydrogen) atoms. The van der Waals surface area contributed by atoms with Crippen LogP contribution < -0.4 is 0 Å². The highest BCUT2D eigenvalue weighted by atomic mass is 79.9. The molecule has 1 aromatic heterocycles. The average molecular weight is 466 g/mol. The summed E-state index contributed by atoms with van der Waals surface area (Å²) in [6.45, 7) is 0.664. The van der Waals surface area contributed by atoms with E-state index in [1.807, 2.05) is 23.1 Å². The Labute approximate surface area is 182 Å². The smallest absolute Gasteiger partial charge is 0.254 e. The number of carbonyl (C=O) groups is 1. The normalized spacial score (nSPS) is 16.1. The summed E-state index contributed by atoms with van der Waals surface area (Å²) in [4.78, 5) is 19.0. The Bertz CT molecular complexity index is 1200. The minimum absolute atomic E-state index is 0.0129. The van der Waals surface area contributed by atoms with Crippen LogP contribution in [0.2, 0.25) is 5.02 Å². The van der Waals surface area contributed by atoms with Gasteiger partial charge in [-0.15, -0.1) is 0 Å². The SMILES string of the molecule is O=C(c1ccc(Cl)cc1)N1CCc2c([nH]c3ccccc23)C1c1ccc(Br)cc1. The third-order valence-corrected chi connectivity index (χ3v) is 6.35. The molecule has 0 spiro atoms. The number of aromatic amines is 1. The predicted octanol–water partition coefficient (Wildman–Crippen LogP) is 6.37. The fraction of sp³-hybridized carbons (Fsp3) is 0.125. The van der Waals surface area contributed by atoms with Crippen LogP contribution in [0.3, 0.4) is 0 Å². The first kappa shape index (κ1) is 18.5. The lowest BCUT2D eigenvalue weighted by Crippen LogP contribution is -2.40. The van der Waals surface area contributed by atoms with Gasteiger partial charge >= 0.3 is 0 Å². The molecule has 0 saturated heterocycles. The number of para-hydroxylation sites is 1. The first-order valence-electron chi connectivity index (χ1n) is 9.53. The molecule has 0 bridgehead atoms. The number of hydrogen-bond donors (Lipinski definition) is 1. The molecule has 1 N–H and O–H groups in total. The van der Waals surface area contributed by atoms with E-state index in [1.165, 1.54) is 10.9 Å². The summed E-state index contributed by atoms with van der Waals surface area (Å²) in [5, 5.41) is 1.87. The van der Waals surface area contributed by atoms with E-state index in [0.29, 0.717) is 17.1 Å². The standard InChI is InChI=1S/C24H18BrClN2O/c25-17-9-5-15(6-10-17)23-22-20(19-3-1-2-4-21(19)27-22)13-14-28(23)24(29)16-7-11-18(26)12-8-16/h1-12,23,27H,13-14H2. The highest BCUT2D eigenvalue weighted by Crippen LogP contribution is 2.39. The number of aromatic nitrogens is 1. The Kier molecular flexibility index (Phi) is 4.69. The van der Waals surface area contributed by atoms with Crippen molar-refractivity contribution in [2.75, 3.05) is 6.54 Å². The Morgan fingerprint density at radius 3 is 2.48 bits per heavy atom. The number of benzene rings is 3. The van der Waals surface area contributed by atoms with Gasteiger partial charge in [-0.1, -0.05) is 57.9 Å². The van der Waals surface area contributed by atoms with Crippen LogP contribution >= 0.6 is 27.5 Å². The molecule has 0 fully saturated rings. The predicted molar refractivity (Wildman–Crippen MR) is 120 cm³/mol. The number of carbonyl (C=O) groups excluding carboxylic acids is 1. The molecule has 1 amide bonds. The zero-order valence-electron chi connectivity index (χ0n) is 15.5. The molecular formula is C24H18BrClN2O. The molecule has 1 aliphatic rings. The van der Waals surface area contributed by atoms with Gasteiger partial charge in [0.05, 0.1) is 6.04 Å². The van der Waals surface area contributed by atoms with Gasteiger partial charge in [0, 0.05) is 38.2 Å². The topological polar surface area (TPSA) is 36.1 Å². The number of nitrogens with zero attached hydrogens (tertiary/aromatic N) is 1. The van der Waals surface area contributed by atoms with Gasteiger partial charge in [-0.2, -0.15) is 0 Å². The monoisotopic (exact) mass is 464 g/mol. The van der Waals surface area contributed by atoms with Gasteiger partial charge < -0.3 is 9.88 Å². The first-order chi connectivity index (χ1) is 14.1. The van der Waals surface area contributed by atoms with Gasteiger partial charge in [0.1, 0.15) is 0 Å². The molecule has 1 unspecified atom stereocenters. The number of rotatable bonds is 2. The lowest BCUT2D eigenvalue weighted by molar-refractivity contribution is 0.0692. The van der Waals surface area contributed by atoms with E-state index in [-0.39, 0.29) is 11.9 Å². The second-order valence-electron chi connectivity index (χ2n) is 7.27. The van der Waals surface area contributed by atoms with Crippen molar-refractivity contribution >= 4 is 44.3 Å². The van der Waals surface area contributed by atoms with Crippen molar-refractivity contribution < 1.29 is 4.79 Å². The molecule has 144 valence electrons. The summed E-state index contributed by atoms with van der Waals surface area (Å²) >= 11 is 9.54. The van der Waals surface area contributed by atoms with Crippen molar-refractivity contribution in [2.45, 2.75) is 12.5 Å². The van der Waals surface area contributed by atoms with Gasteiger partial charge in [0.25, 0.3) is 5.91 Å². The van der Waals surface area contributed by atoms with Crippen LogP contribution in [0.1, 0.15) is 33.2 Å². The molecule has 5 rings (SSSR count). The van der Waals surface area contributed by atoms with Crippen LogP contribution in [-0.2, 0) is 6.42 Å². The molecule has 2 heterocycles. The number of hydrogen-bond acceptors (Lipinski definition) is 1. The maximum absolute atomic E-state index is 13.4. The Morgan fingerprint density at radius 2 is 1.72 bits per heavy atom. The highest BCUT2D eigenvalue weighted by Gasteiger charge is 2.34. The third kappa shape index (κ3) is 3.26. The van der Waals surface area contributed by atoms with E-state index in [1.54, 1.807) is 24.3 Å². The van der Waals surface area contributed by atoms with Gasteiger partial charge in [-0.05, 0) is 60.0 Å². The van der Waals surface area contributed by atoms with Crippen LogP contribution in [0.25, 0.3) is 10.9 Å². The van der Waals surface area contributed by atoms with Gasteiger partial charge in [0.2, 0.25) is 0 Å².